The Morgan fingerprint density at radius 2 is 1.66 bits per heavy atom. The predicted molar refractivity (Wildman–Crippen MR) is 163 cm³/mol. The largest absolute Gasteiger partial charge is 0.359 e. The van der Waals surface area contributed by atoms with Crippen LogP contribution in [0.2, 0.25) is 0 Å². The first-order valence-corrected chi connectivity index (χ1v) is 13.8. The van der Waals surface area contributed by atoms with E-state index in [4.69, 9.17) is 0 Å². The fourth-order valence-electron chi connectivity index (χ4n) is 3.80. The lowest BCUT2D eigenvalue weighted by molar-refractivity contribution is -0.119. The van der Waals surface area contributed by atoms with Crippen LogP contribution in [0.3, 0.4) is 0 Å². The fourth-order valence-corrected chi connectivity index (χ4v) is 3.80. The summed E-state index contributed by atoms with van der Waals surface area (Å²) in [6.07, 6.45) is -0.0884. The van der Waals surface area contributed by atoms with Gasteiger partial charge in [-0.25, -0.2) is 18.2 Å². The summed E-state index contributed by atoms with van der Waals surface area (Å²) in [5, 5.41) is 5.52. The number of hydrogen-bond acceptors (Lipinski definition) is 3. The van der Waals surface area contributed by atoms with Crippen molar-refractivity contribution in [3.05, 3.63) is 77.9 Å². The van der Waals surface area contributed by atoms with E-state index in [0.717, 1.165) is 11.4 Å². The highest BCUT2D eigenvalue weighted by Crippen LogP contribution is 2.24. The molecule has 0 aliphatic carbocycles. The van der Waals surface area contributed by atoms with Crippen molar-refractivity contribution in [2.24, 2.45) is 16.3 Å². The number of amides is 1. The Hall–Kier alpha value is -3.20. The number of alkyl halides is 2. The maximum absolute atomic E-state index is 13.5. The Bertz CT molecular complexity index is 1090. The number of benzene rings is 2. The van der Waals surface area contributed by atoms with Gasteiger partial charge in [0.05, 0.1) is 12.9 Å². The third-order valence-corrected chi connectivity index (χ3v) is 5.73. The quantitative estimate of drug-likeness (QED) is 0.207. The van der Waals surface area contributed by atoms with Gasteiger partial charge in [-0.15, -0.1) is 0 Å². The van der Waals surface area contributed by atoms with Crippen LogP contribution >= 0.6 is 0 Å². The van der Waals surface area contributed by atoms with E-state index in [1.807, 2.05) is 31.9 Å². The summed E-state index contributed by atoms with van der Waals surface area (Å²) in [7, 11) is 2.42. The second-order valence-electron chi connectivity index (χ2n) is 10.6. The lowest BCUT2D eigenvalue weighted by Crippen LogP contribution is -2.31. The summed E-state index contributed by atoms with van der Waals surface area (Å²) in [6.45, 7) is 17.9. The van der Waals surface area contributed by atoms with Gasteiger partial charge in [0.2, 0.25) is 5.91 Å². The molecule has 2 aromatic carbocycles. The van der Waals surface area contributed by atoms with Gasteiger partial charge in [-0.1, -0.05) is 65.5 Å². The van der Waals surface area contributed by atoms with E-state index in [1.165, 1.54) is 31.2 Å². The van der Waals surface area contributed by atoms with Crippen molar-refractivity contribution in [2.45, 2.75) is 60.7 Å². The van der Waals surface area contributed by atoms with Crippen molar-refractivity contribution in [2.75, 3.05) is 33.9 Å². The predicted octanol–water partition coefficient (Wildman–Crippen LogP) is 7.19. The first-order valence-electron chi connectivity index (χ1n) is 13.8. The number of nitrogens with one attached hydrogen (secondary N) is 2. The Balaban J connectivity index is 0.000000887. The molecule has 0 saturated carbocycles. The molecule has 0 spiro atoms. The SMILES string of the molecule is C=C(N=C(CC(C)(C)C)N(C)Cc1cccc(F)c1)c1cccc(F)c1.CC.CC(=O)NCC1CNCC1F.CF. The van der Waals surface area contributed by atoms with E-state index in [9.17, 15) is 22.4 Å². The molecule has 3 rings (SSSR count). The maximum atomic E-state index is 13.5. The van der Waals surface area contributed by atoms with Gasteiger partial charge in [0.1, 0.15) is 23.6 Å². The standard InChI is InChI=1S/C22H26F2N2.C7H13FN2O.C2H6.CH3F/c1-16(18-9-7-11-20(24)13-18)25-21(14-22(2,3)4)26(5)15-17-8-6-10-19(23)12-17;1-5(11)10-3-6-2-9-4-7(6)8;2*1-2/h6-13H,1,14-15H2,2-5H3;6-7,9H,2-4H2,1H3,(H,10,11);1-2H3;1H3. The van der Waals surface area contributed by atoms with Crippen molar-refractivity contribution >= 4 is 17.4 Å². The van der Waals surface area contributed by atoms with Crippen LogP contribution in [0.15, 0.2) is 60.1 Å². The second-order valence-corrected chi connectivity index (χ2v) is 10.6. The molecule has 2 N–H and O–H groups in total. The van der Waals surface area contributed by atoms with Crippen LogP contribution in [-0.4, -0.2) is 56.7 Å². The molecule has 0 bridgehead atoms. The minimum atomic E-state index is -0.804. The summed E-state index contributed by atoms with van der Waals surface area (Å²) >= 11 is 0. The molecule has 1 aliphatic heterocycles. The van der Waals surface area contributed by atoms with Gasteiger partial charge in [0.25, 0.3) is 0 Å². The van der Waals surface area contributed by atoms with Crippen LogP contribution in [0.25, 0.3) is 5.70 Å². The van der Waals surface area contributed by atoms with Crippen LogP contribution in [-0.2, 0) is 11.3 Å². The maximum Gasteiger partial charge on any atom is 0.216 e. The van der Waals surface area contributed by atoms with Gasteiger partial charge in [-0.3, -0.25) is 9.18 Å². The summed E-state index contributed by atoms with van der Waals surface area (Å²) in [5.41, 5.74) is 2.04. The molecule has 1 aliphatic rings. The molecule has 1 amide bonds. The average Bonchev–Trinajstić information content (AvgIpc) is 3.33. The molecule has 5 nitrogen and oxygen atoms in total. The average molecular weight is 581 g/mol. The van der Waals surface area contributed by atoms with E-state index < -0.39 is 6.17 Å². The molecule has 230 valence electrons. The monoisotopic (exact) mass is 580 g/mol. The lowest BCUT2D eigenvalue weighted by atomic mass is 9.91. The van der Waals surface area contributed by atoms with E-state index >= 15 is 0 Å². The molecule has 2 atom stereocenters. The first kappa shape index (κ1) is 37.8. The molecule has 41 heavy (non-hydrogen) atoms. The Morgan fingerprint density at radius 1 is 1.07 bits per heavy atom. The van der Waals surface area contributed by atoms with Crippen molar-refractivity contribution in [3.8, 4) is 0 Å². The number of hydrogen-bond donors (Lipinski definition) is 2. The number of halogens is 4. The normalized spacial score (nSPS) is 16.1. The smallest absolute Gasteiger partial charge is 0.216 e. The minimum absolute atomic E-state index is 0.0112. The van der Waals surface area contributed by atoms with Gasteiger partial charge >= 0.3 is 0 Å². The van der Waals surface area contributed by atoms with Gasteiger partial charge in [0, 0.05) is 58.1 Å². The number of aliphatic imine (C=N–C) groups is 1. The van der Waals surface area contributed by atoms with Crippen molar-refractivity contribution in [1.82, 2.24) is 15.5 Å². The molecule has 9 heteroatoms. The molecule has 2 aromatic rings. The summed E-state index contributed by atoms with van der Waals surface area (Å²) in [4.78, 5) is 17.1. The molecule has 0 radical (unpaired) electrons. The number of amidine groups is 1. The van der Waals surface area contributed by atoms with Crippen molar-refractivity contribution in [1.29, 1.82) is 0 Å². The molecule has 1 fully saturated rings. The third kappa shape index (κ3) is 16.0. The third-order valence-electron chi connectivity index (χ3n) is 5.73. The van der Waals surface area contributed by atoms with Crippen LogP contribution in [0.4, 0.5) is 17.6 Å². The van der Waals surface area contributed by atoms with Crippen LogP contribution < -0.4 is 10.6 Å². The van der Waals surface area contributed by atoms with Crippen LogP contribution in [0, 0.1) is 23.0 Å². The molecular formula is C32H48F4N4O. The van der Waals surface area contributed by atoms with Crippen LogP contribution in [0.5, 0.6) is 0 Å². The molecular weight excluding hydrogens is 532 g/mol. The lowest BCUT2D eigenvalue weighted by Gasteiger charge is -2.27. The number of nitrogens with zero attached hydrogens (tertiary/aromatic N) is 2. The summed E-state index contributed by atoms with van der Waals surface area (Å²) in [6, 6.07) is 12.8. The molecule has 1 saturated heterocycles. The summed E-state index contributed by atoms with van der Waals surface area (Å²) in [5.74, 6) is 0.123. The molecule has 0 aromatic heterocycles. The van der Waals surface area contributed by atoms with Crippen molar-refractivity contribution < 1.29 is 22.4 Å². The number of carbonyl (C=O) groups excluding carboxylic acids is 1. The fraction of sp³-hybridized carbons (Fsp3) is 0.500. The zero-order valence-corrected chi connectivity index (χ0v) is 25.8. The van der Waals surface area contributed by atoms with Crippen molar-refractivity contribution in [3.63, 3.8) is 0 Å². The Morgan fingerprint density at radius 3 is 2.15 bits per heavy atom. The van der Waals surface area contributed by atoms with E-state index in [0.29, 0.717) is 51.0 Å². The highest BCUT2D eigenvalue weighted by Gasteiger charge is 2.26. The Kier molecular flexibility index (Phi) is 18.3. The zero-order valence-electron chi connectivity index (χ0n) is 25.8. The first-order chi connectivity index (χ1) is 19.3. The van der Waals surface area contributed by atoms with E-state index in [-0.39, 0.29) is 28.9 Å². The minimum Gasteiger partial charge on any atom is -0.359 e. The molecule has 2 unspecified atom stereocenters. The second kappa shape index (κ2) is 19.8. The summed E-state index contributed by atoms with van der Waals surface area (Å²) < 4.78 is 49.3. The van der Waals surface area contributed by atoms with Gasteiger partial charge in [-0.05, 0) is 35.2 Å². The van der Waals surface area contributed by atoms with E-state index in [2.05, 4.69) is 43.0 Å². The van der Waals surface area contributed by atoms with Gasteiger partial charge in [-0.2, -0.15) is 0 Å². The van der Waals surface area contributed by atoms with Gasteiger partial charge in [0.15, 0.2) is 0 Å². The number of carbonyl (C=O) groups is 1. The number of rotatable bonds is 7. The highest BCUT2D eigenvalue weighted by molar-refractivity contribution is 5.88. The van der Waals surface area contributed by atoms with Crippen LogP contribution in [0.1, 0.15) is 59.1 Å². The highest BCUT2D eigenvalue weighted by atomic mass is 19.1. The topological polar surface area (TPSA) is 56.7 Å². The van der Waals surface area contributed by atoms with E-state index in [1.54, 1.807) is 18.2 Å². The molecule has 1 heterocycles. The Labute approximate surface area is 244 Å². The van der Waals surface area contributed by atoms with Gasteiger partial charge < -0.3 is 15.5 Å². The zero-order chi connectivity index (χ0) is 31.6.